The number of amides is 2. The Morgan fingerprint density at radius 2 is 1.82 bits per heavy atom. The minimum atomic E-state index is -0.0188. The quantitative estimate of drug-likeness (QED) is 0.278. The highest BCUT2D eigenvalue weighted by Crippen LogP contribution is 2.34. The number of nitrogens with zero attached hydrogens (tertiary/aromatic N) is 3. The summed E-state index contributed by atoms with van der Waals surface area (Å²) in [6.45, 7) is 5.47. The normalized spacial score (nSPS) is 18.3. The van der Waals surface area contributed by atoms with Gasteiger partial charge in [-0.05, 0) is 80.2 Å². The summed E-state index contributed by atoms with van der Waals surface area (Å²) in [5, 5.41) is 4.14. The number of benzene rings is 2. The van der Waals surface area contributed by atoms with Gasteiger partial charge in [0.25, 0.3) is 0 Å². The Labute approximate surface area is 236 Å². The molecule has 2 fully saturated rings. The number of carbonyl (C=O) groups excluding carboxylic acids is 1. The van der Waals surface area contributed by atoms with Crippen molar-refractivity contribution in [2.45, 2.75) is 58.3 Å². The molecule has 0 aliphatic carbocycles. The van der Waals surface area contributed by atoms with Crippen molar-refractivity contribution in [2.75, 3.05) is 31.6 Å². The number of H-pyrrole nitrogens is 1. The van der Waals surface area contributed by atoms with Crippen molar-refractivity contribution >= 4 is 22.8 Å². The predicted octanol–water partition coefficient (Wildman–Crippen LogP) is 7.37. The molecule has 0 radical (unpaired) electrons. The van der Waals surface area contributed by atoms with Gasteiger partial charge in [0.05, 0.1) is 5.69 Å². The van der Waals surface area contributed by atoms with Crippen LogP contribution in [0, 0.1) is 12.8 Å². The zero-order valence-corrected chi connectivity index (χ0v) is 23.4. The van der Waals surface area contributed by atoms with Crippen LogP contribution in [-0.4, -0.2) is 52.2 Å². The number of aromatic nitrogens is 3. The Kier molecular flexibility index (Phi) is 8.09. The monoisotopic (exact) mass is 537 g/mol. The van der Waals surface area contributed by atoms with Crippen molar-refractivity contribution in [3.05, 3.63) is 66.0 Å². The Morgan fingerprint density at radius 1 is 1.00 bits per heavy atom. The lowest BCUT2D eigenvalue weighted by Crippen LogP contribution is -2.35. The van der Waals surface area contributed by atoms with Gasteiger partial charge < -0.3 is 19.9 Å². The average Bonchev–Trinajstić information content (AvgIpc) is 3.12. The first-order chi connectivity index (χ1) is 19.7. The van der Waals surface area contributed by atoms with Crippen molar-refractivity contribution in [1.82, 2.24) is 19.9 Å². The highest BCUT2D eigenvalue weighted by atomic mass is 16.5. The number of urea groups is 1. The molecule has 4 aromatic rings. The maximum atomic E-state index is 13.0. The topological polar surface area (TPSA) is 83.1 Å². The molecular weight excluding hydrogens is 498 g/mol. The van der Waals surface area contributed by atoms with E-state index < -0.39 is 0 Å². The third-order valence-corrected chi connectivity index (χ3v) is 8.51. The van der Waals surface area contributed by atoms with Crippen LogP contribution < -0.4 is 5.32 Å². The maximum absolute atomic E-state index is 13.0. The van der Waals surface area contributed by atoms with E-state index in [0.29, 0.717) is 5.92 Å². The summed E-state index contributed by atoms with van der Waals surface area (Å²) in [6, 6.07) is 17.0. The lowest BCUT2D eigenvalue weighted by atomic mass is 9.92. The van der Waals surface area contributed by atoms with Crippen LogP contribution in [0.1, 0.15) is 56.1 Å². The summed E-state index contributed by atoms with van der Waals surface area (Å²) in [7, 11) is 0. The molecule has 2 aliphatic heterocycles. The van der Waals surface area contributed by atoms with Gasteiger partial charge in [-0.25, -0.2) is 14.8 Å². The third-order valence-electron chi connectivity index (χ3n) is 8.51. The zero-order valence-electron chi connectivity index (χ0n) is 23.4. The number of nitrogens with one attached hydrogen (secondary N) is 2. The molecular formula is C33H39N5O2. The van der Waals surface area contributed by atoms with Crippen LogP contribution in [0.2, 0.25) is 0 Å². The summed E-state index contributed by atoms with van der Waals surface area (Å²) >= 11 is 0. The van der Waals surface area contributed by atoms with Gasteiger partial charge >= 0.3 is 6.03 Å². The molecule has 6 rings (SSSR count). The molecule has 1 atom stereocenters. The summed E-state index contributed by atoms with van der Waals surface area (Å²) in [5.41, 5.74) is 8.02. The molecule has 208 valence electrons. The Morgan fingerprint density at radius 3 is 2.65 bits per heavy atom. The van der Waals surface area contributed by atoms with E-state index >= 15 is 0 Å². The largest absolute Gasteiger partial charge is 0.381 e. The molecule has 1 unspecified atom stereocenters. The molecule has 2 aliphatic rings. The van der Waals surface area contributed by atoms with E-state index in [0.717, 1.165) is 103 Å². The smallest absolute Gasteiger partial charge is 0.321 e. The van der Waals surface area contributed by atoms with Crippen LogP contribution in [0.5, 0.6) is 0 Å². The van der Waals surface area contributed by atoms with Gasteiger partial charge in [-0.2, -0.15) is 0 Å². The van der Waals surface area contributed by atoms with E-state index in [9.17, 15) is 4.79 Å². The Balaban J connectivity index is 1.23. The zero-order chi connectivity index (χ0) is 27.3. The second kappa shape index (κ2) is 12.2. The first-order valence-electron chi connectivity index (χ1n) is 14.8. The first kappa shape index (κ1) is 26.5. The van der Waals surface area contributed by atoms with Gasteiger partial charge in [-0.3, -0.25) is 0 Å². The molecule has 7 heteroatoms. The molecule has 4 heterocycles. The van der Waals surface area contributed by atoms with Gasteiger partial charge in [0, 0.05) is 48.6 Å². The molecule has 2 saturated heterocycles. The molecule has 0 spiro atoms. The number of ether oxygens (including phenoxy) is 1. The number of hydrogen-bond acceptors (Lipinski definition) is 4. The number of fused-ring (bicyclic) bond motifs is 1. The van der Waals surface area contributed by atoms with Gasteiger partial charge in [0.15, 0.2) is 0 Å². The minimum Gasteiger partial charge on any atom is -0.381 e. The number of aromatic amines is 1. The fourth-order valence-corrected chi connectivity index (χ4v) is 6.13. The maximum Gasteiger partial charge on any atom is 0.321 e. The second-order valence-corrected chi connectivity index (χ2v) is 11.3. The van der Waals surface area contributed by atoms with E-state index in [2.05, 4.69) is 56.7 Å². The summed E-state index contributed by atoms with van der Waals surface area (Å²) in [4.78, 5) is 27.7. The summed E-state index contributed by atoms with van der Waals surface area (Å²) < 4.78 is 5.63. The highest BCUT2D eigenvalue weighted by molar-refractivity contribution is 5.97. The SMILES string of the molecule is Cc1c(NC(=O)N2CCCCCC2)cccc1-c1ncnc2[nH]c(-c3ccc(CC4CCCOCC4)cc3)cc12. The number of likely N-dealkylation sites (tertiary alicyclic amines) is 1. The lowest BCUT2D eigenvalue weighted by molar-refractivity contribution is 0.141. The molecule has 40 heavy (non-hydrogen) atoms. The predicted molar refractivity (Wildman–Crippen MR) is 160 cm³/mol. The van der Waals surface area contributed by atoms with Gasteiger partial charge in [-0.15, -0.1) is 0 Å². The highest BCUT2D eigenvalue weighted by Gasteiger charge is 2.19. The lowest BCUT2D eigenvalue weighted by Gasteiger charge is -2.22. The summed E-state index contributed by atoms with van der Waals surface area (Å²) in [6.07, 6.45) is 10.8. The number of rotatable bonds is 5. The van der Waals surface area contributed by atoms with Crippen molar-refractivity contribution < 1.29 is 9.53 Å². The van der Waals surface area contributed by atoms with Crippen molar-refractivity contribution in [1.29, 1.82) is 0 Å². The van der Waals surface area contributed by atoms with E-state index in [4.69, 9.17) is 4.74 Å². The molecule has 2 amide bonds. The van der Waals surface area contributed by atoms with Gasteiger partial charge in [0.1, 0.15) is 12.0 Å². The van der Waals surface area contributed by atoms with E-state index in [-0.39, 0.29) is 6.03 Å². The van der Waals surface area contributed by atoms with E-state index in [1.807, 2.05) is 24.0 Å². The van der Waals surface area contributed by atoms with Crippen molar-refractivity contribution in [2.24, 2.45) is 5.92 Å². The number of hydrogen-bond donors (Lipinski definition) is 2. The second-order valence-electron chi connectivity index (χ2n) is 11.3. The van der Waals surface area contributed by atoms with Crippen molar-refractivity contribution in [3.8, 4) is 22.5 Å². The molecule has 0 saturated carbocycles. The first-order valence-corrected chi connectivity index (χ1v) is 14.8. The molecule has 0 bridgehead atoms. The van der Waals surface area contributed by atoms with Crippen LogP contribution >= 0.6 is 0 Å². The minimum absolute atomic E-state index is 0.0188. The van der Waals surface area contributed by atoms with Crippen LogP contribution in [0.15, 0.2) is 54.9 Å². The Bertz CT molecular complexity index is 1450. The fraction of sp³-hybridized carbons (Fsp3) is 0.424. The van der Waals surface area contributed by atoms with Crippen LogP contribution in [-0.2, 0) is 11.2 Å². The molecule has 2 aromatic heterocycles. The fourth-order valence-electron chi connectivity index (χ4n) is 6.13. The van der Waals surface area contributed by atoms with Crippen molar-refractivity contribution in [3.63, 3.8) is 0 Å². The summed E-state index contributed by atoms with van der Waals surface area (Å²) in [5.74, 6) is 0.701. The standard InChI is InChI=1S/C33H39N5O2/c1-23-27(9-6-10-29(23)37-33(39)38-16-4-2-3-5-17-38)31-28-21-30(36-32(28)35-22-34-31)26-13-11-25(12-14-26)20-24-8-7-18-40-19-15-24/h6,9-14,21-22,24H,2-5,7-8,15-20H2,1H3,(H,37,39)(H,34,35,36). The Hall–Kier alpha value is -3.71. The van der Waals surface area contributed by atoms with Crippen LogP contribution in [0.3, 0.4) is 0 Å². The average molecular weight is 538 g/mol. The molecule has 7 nitrogen and oxygen atoms in total. The van der Waals surface area contributed by atoms with E-state index in [1.165, 1.54) is 24.8 Å². The number of anilines is 1. The number of carbonyl (C=O) groups is 1. The van der Waals surface area contributed by atoms with Gasteiger partial charge in [-0.1, -0.05) is 49.2 Å². The van der Waals surface area contributed by atoms with E-state index in [1.54, 1.807) is 6.33 Å². The van der Waals surface area contributed by atoms with Crippen LogP contribution in [0.4, 0.5) is 10.5 Å². The molecule has 2 aromatic carbocycles. The third kappa shape index (κ3) is 5.89. The van der Waals surface area contributed by atoms with Gasteiger partial charge in [0.2, 0.25) is 0 Å². The van der Waals surface area contributed by atoms with Crippen LogP contribution in [0.25, 0.3) is 33.5 Å². The molecule has 2 N–H and O–H groups in total.